The van der Waals surface area contributed by atoms with E-state index in [1.807, 2.05) is 0 Å². The van der Waals surface area contributed by atoms with Crippen molar-refractivity contribution in [3.05, 3.63) is 50.9 Å². The zero-order valence-corrected chi connectivity index (χ0v) is 12.0. The molecule has 2 aromatic rings. The summed E-state index contributed by atoms with van der Waals surface area (Å²) in [7, 11) is 0. The number of halogens is 3. The first-order valence-electron chi connectivity index (χ1n) is 4.91. The molecule has 0 saturated heterocycles. The van der Waals surface area contributed by atoms with Crippen molar-refractivity contribution in [2.45, 2.75) is 0 Å². The third-order valence-corrected chi connectivity index (χ3v) is 3.07. The van der Waals surface area contributed by atoms with Crippen LogP contribution in [0.15, 0.2) is 51.1 Å². The highest BCUT2D eigenvalue weighted by Gasteiger charge is 2.06. The molecule has 0 heterocycles. The van der Waals surface area contributed by atoms with Crippen molar-refractivity contribution < 1.29 is 5.11 Å². The minimum atomic E-state index is -0.106. The number of azo groups is 1. The predicted molar refractivity (Wildman–Crippen MR) is 76.4 cm³/mol. The molecule has 0 aliphatic rings. The van der Waals surface area contributed by atoms with E-state index in [9.17, 15) is 5.11 Å². The standard InChI is InChI=1S/C12H7BrCl2N2O/c13-7-4-10(15)12(18)11(5-7)17-16-9-3-1-2-8(14)6-9/h1-6,18H. The third-order valence-electron chi connectivity index (χ3n) is 2.09. The summed E-state index contributed by atoms with van der Waals surface area (Å²) in [4.78, 5) is 0. The van der Waals surface area contributed by atoms with Gasteiger partial charge in [-0.3, -0.25) is 0 Å². The first-order valence-corrected chi connectivity index (χ1v) is 6.46. The minimum Gasteiger partial charge on any atom is -0.504 e. The summed E-state index contributed by atoms with van der Waals surface area (Å²) >= 11 is 14.9. The highest BCUT2D eigenvalue weighted by atomic mass is 79.9. The molecule has 0 spiro atoms. The molecule has 2 rings (SSSR count). The fourth-order valence-electron chi connectivity index (χ4n) is 1.28. The maximum Gasteiger partial charge on any atom is 0.161 e. The van der Waals surface area contributed by atoms with Crippen LogP contribution >= 0.6 is 39.1 Å². The van der Waals surface area contributed by atoms with Crippen molar-refractivity contribution in [1.82, 2.24) is 0 Å². The summed E-state index contributed by atoms with van der Waals surface area (Å²) in [5.41, 5.74) is 0.882. The summed E-state index contributed by atoms with van der Waals surface area (Å²) < 4.78 is 0.713. The Kier molecular flexibility index (Phi) is 4.22. The van der Waals surface area contributed by atoms with E-state index in [1.54, 1.807) is 36.4 Å². The summed E-state index contributed by atoms with van der Waals surface area (Å²) in [6.45, 7) is 0. The van der Waals surface area contributed by atoms with Gasteiger partial charge >= 0.3 is 0 Å². The number of nitrogens with zero attached hydrogens (tertiary/aromatic N) is 2. The molecule has 0 fully saturated rings. The van der Waals surface area contributed by atoms with Gasteiger partial charge in [0, 0.05) is 9.50 Å². The number of hydrogen-bond acceptors (Lipinski definition) is 3. The number of phenolic OH excluding ortho intramolecular Hbond substituents is 1. The van der Waals surface area contributed by atoms with E-state index >= 15 is 0 Å². The van der Waals surface area contributed by atoms with Crippen molar-refractivity contribution in [3.8, 4) is 5.75 Å². The van der Waals surface area contributed by atoms with Crippen LogP contribution in [0.4, 0.5) is 11.4 Å². The lowest BCUT2D eigenvalue weighted by molar-refractivity contribution is 0.476. The molecule has 3 nitrogen and oxygen atoms in total. The lowest BCUT2D eigenvalue weighted by Crippen LogP contribution is -1.72. The SMILES string of the molecule is Oc1c(Cl)cc(Br)cc1N=Nc1cccc(Cl)c1. The van der Waals surface area contributed by atoms with Crippen LogP contribution in [0.5, 0.6) is 5.75 Å². The van der Waals surface area contributed by atoms with Gasteiger partial charge in [-0.05, 0) is 30.3 Å². The largest absolute Gasteiger partial charge is 0.504 e. The van der Waals surface area contributed by atoms with E-state index in [4.69, 9.17) is 23.2 Å². The zero-order valence-electron chi connectivity index (χ0n) is 8.94. The van der Waals surface area contributed by atoms with Gasteiger partial charge in [-0.2, -0.15) is 5.11 Å². The van der Waals surface area contributed by atoms with Crippen molar-refractivity contribution in [2.24, 2.45) is 10.2 Å². The van der Waals surface area contributed by atoms with E-state index in [0.29, 0.717) is 15.2 Å². The first kappa shape index (κ1) is 13.3. The number of aromatic hydroxyl groups is 1. The monoisotopic (exact) mass is 344 g/mol. The molecule has 0 aromatic heterocycles. The molecule has 2 aromatic carbocycles. The van der Waals surface area contributed by atoms with Gasteiger partial charge in [0.25, 0.3) is 0 Å². The summed E-state index contributed by atoms with van der Waals surface area (Å²) in [6, 6.07) is 10.1. The van der Waals surface area contributed by atoms with Gasteiger partial charge in [-0.1, -0.05) is 45.2 Å². The van der Waals surface area contributed by atoms with Gasteiger partial charge in [0.1, 0.15) is 5.69 Å². The van der Waals surface area contributed by atoms with Crippen LogP contribution in [-0.2, 0) is 0 Å². The van der Waals surface area contributed by atoms with Gasteiger partial charge in [0.2, 0.25) is 0 Å². The van der Waals surface area contributed by atoms with Gasteiger partial charge in [-0.25, -0.2) is 0 Å². The van der Waals surface area contributed by atoms with E-state index in [-0.39, 0.29) is 16.5 Å². The summed E-state index contributed by atoms with van der Waals surface area (Å²) in [6.07, 6.45) is 0. The number of benzene rings is 2. The third kappa shape index (κ3) is 3.22. The normalized spacial score (nSPS) is 11.1. The molecule has 0 unspecified atom stereocenters. The lowest BCUT2D eigenvalue weighted by atomic mass is 10.3. The van der Waals surface area contributed by atoms with Crippen molar-refractivity contribution in [2.75, 3.05) is 0 Å². The maximum absolute atomic E-state index is 9.72. The minimum absolute atomic E-state index is 0.106. The average molecular weight is 346 g/mol. The molecule has 0 saturated carbocycles. The highest BCUT2D eigenvalue weighted by molar-refractivity contribution is 9.10. The fraction of sp³-hybridized carbons (Fsp3) is 0. The van der Waals surface area contributed by atoms with Crippen LogP contribution in [-0.4, -0.2) is 5.11 Å². The molecule has 0 aliphatic heterocycles. The Hall–Kier alpha value is -1.10. The molecule has 0 amide bonds. The van der Waals surface area contributed by atoms with Crippen LogP contribution in [0.2, 0.25) is 10.0 Å². The second-order valence-electron chi connectivity index (χ2n) is 3.44. The number of phenols is 1. The van der Waals surface area contributed by atoms with Gasteiger partial charge in [-0.15, -0.1) is 5.11 Å². The van der Waals surface area contributed by atoms with E-state index in [1.165, 1.54) is 0 Å². The second-order valence-corrected chi connectivity index (χ2v) is 5.19. The molecule has 18 heavy (non-hydrogen) atoms. The van der Waals surface area contributed by atoms with E-state index in [2.05, 4.69) is 26.2 Å². The quantitative estimate of drug-likeness (QED) is 0.679. The van der Waals surface area contributed by atoms with Gasteiger partial charge in [0.15, 0.2) is 5.75 Å². The first-order chi connectivity index (χ1) is 8.56. The molecule has 0 radical (unpaired) electrons. The van der Waals surface area contributed by atoms with Crippen molar-refractivity contribution >= 4 is 50.5 Å². The van der Waals surface area contributed by atoms with Crippen LogP contribution in [0, 0.1) is 0 Å². The van der Waals surface area contributed by atoms with Gasteiger partial charge in [0.05, 0.1) is 10.7 Å². The smallest absolute Gasteiger partial charge is 0.161 e. The molecule has 92 valence electrons. The molecular weight excluding hydrogens is 339 g/mol. The topological polar surface area (TPSA) is 45.0 Å². The Balaban J connectivity index is 2.34. The fourth-order valence-corrected chi connectivity index (χ4v) is 2.25. The Bertz CT molecular complexity index is 617. The number of rotatable bonds is 2. The van der Waals surface area contributed by atoms with E-state index in [0.717, 1.165) is 0 Å². The second kappa shape index (κ2) is 5.69. The maximum atomic E-state index is 9.72. The van der Waals surface area contributed by atoms with Gasteiger partial charge < -0.3 is 5.11 Å². The van der Waals surface area contributed by atoms with E-state index < -0.39 is 0 Å². The van der Waals surface area contributed by atoms with Crippen LogP contribution in [0.1, 0.15) is 0 Å². The van der Waals surface area contributed by atoms with Crippen molar-refractivity contribution in [1.29, 1.82) is 0 Å². The lowest BCUT2D eigenvalue weighted by Gasteiger charge is -2.01. The Morgan fingerprint density at radius 2 is 1.83 bits per heavy atom. The summed E-state index contributed by atoms with van der Waals surface area (Å²) in [5.74, 6) is -0.106. The molecule has 0 aliphatic carbocycles. The molecular formula is C12H7BrCl2N2O. The molecule has 0 bridgehead atoms. The zero-order chi connectivity index (χ0) is 13.1. The van der Waals surface area contributed by atoms with Crippen LogP contribution in [0.3, 0.4) is 0 Å². The molecule has 6 heteroatoms. The van der Waals surface area contributed by atoms with Crippen LogP contribution < -0.4 is 0 Å². The number of hydrogen-bond donors (Lipinski definition) is 1. The van der Waals surface area contributed by atoms with Crippen molar-refractivity contribution in [3.63, 3.8) is 0 Å². The highest BCUT2D eigenvalue weighted by Crippen LogP contribution is 2.37. The Morgan fingerprint density at radius 1 is 1.06 bits per heavy atom. The Labute approximate surface area is 122 Å². The average Bonchev–Trinajstić information content (AvgIpc) is 2.32. The molecule has 0 atom stereocenters. The predicted octanol–water partition coefficient (Wildman–Crippen LogP) is 5.88. The summed E-state index contributed by atoms with van der Waals surface area (Å²) in [5, 5.41) is 18.4. The Morgan fingerprint density at radius 3 is 2.56 bits per heavy atom. The van der Waals surface area contributed by atoms with Crippen LogP contribution in [0.25, 0.3) is 0 Å². The molecule has 1 N–H and O–H groups in total.